The molecular formula is C17H14F3N3. The van der Waals surface area contributed by atoms with Crippen LogP contribution in [0.4, 0.5) is 18.9 Å². The predicted octanol–water partition coefficient (Wildman–Crippen LogP) is 4.50. The van der Waals surface area contributed by atoms with Crippen molar-refractivity contribution in [2.24, 2.45) is 0 Å². The highest BCUT2D eigenvalue weighted by Crippen LogP contribution is 2.32. The normalized spacial score (nSPS) is 11.4. The Kier molecular flexibility index (Phi) is 4.06. The van der Waals surface area contributed by atoms with Gasteiger partial charge < -0.3 is 5.32 Å². The summed E-state index contributed by atoms with van der Waals surface area (Å²) in [5.74, 6) is 0. The molecule has 0 fully saturated rings. The Labute approximate surface area is 131 Å². The molecule has 0 atom stereocenters. The van der Waals surface area contributed by atoms with Crippen molar-refractivity contribution >= 4 is 5.69 Å². The fourth-order valence-corrected chi connectivity index (χ4v) is 2.30. The maximum absolute atomic E-state index is 12.9. The molecular weight excluding hydrogens is 303 g/mol. The third kappa shape index (κ3) is 3.53. The Morgan fingerprint density at radius 1 is 0.957 bits per heavy atom. The minimum absolute atomic E-state index is 0.108. The number of rotatable bonds is 4. The van der Waals surface area contributed by atoms with Gasteiger partial charge in [0.15, 0.2) is 0 Å². The van der Waals surface area contributed by atoms with Gasteiger partial charge in [0, 0.05) is 24.6 Å². The molecule has 0 aliphatic heterocycles. The molecule has 0 spiro atoms. The second kappa shape index (κ2) is 6.16. The molecule has 0 saturated heterocycles. The molecule has 3 rings (SSSR count). The summed E-state index contributed by atoms with van der Waals surface area (Å²) >= 11 is 0. The fraction of sp³-hybridized carbons (Fsp3) is 0.118. The van der Waals surface area contributed by atoms with Crippen molar-refractivity contribution in [3.63, 3.8) is 0 Å². The van der Waals surface area contributed by atoms with E-state index in [-0.39, 0.29) is 12.1 Å². The minimum atomic E-state index is -4.35. The first-order chi connectivity index (χ1) is 11.0. The lowest BCUT2D eigenvalue weighted by molar-refractivity contribution is -0.138. The summed E-state index contributed by atoms with van der Waals surface area (Å²) in [7, 11) is 0. The molecule has 0 bridgehead atoms. The number of halogens is 3. The summed E-state index contributed by atoms with van der Waals surface area (Å²) in [6.07, 6.45) is -0.843. The molecule has 1 heterocycles. The van der Waals surface area contributed by atoms with E-state index in [0.29, 0.717) is 0 Å². The summed E-state index contributed by atoms with van der Waals surface area (Å²) in [6.45, 7) is 0.108. The summed E-state index contributed by atoms with van der Waals surface area (Å²) in [5, 5.41) is 7.14. The molecule has 3 nitrogen and oxygen atoms in total. The zero-order valence-corrected chi connectivity index (χ0v) is 12.1. The molecule has 0 radical (unpaired) electrons. The molecule has 0 aliphatic carbocycles. The van der Waals surface area contributed by atoms with Gasteiger partial charge in [0.2, 0.25) is 0 Å². The Morgan fingerprint density at radius 2 is 1.70 bits per heavy atom. The summed E-state index contributed by atoms with van der Waals surface area (Å²) in [4.78, 5) is 0. The van der Waals surface area contributed by atoms with Crippen molar-refractivity contribution in [2.45, 2.75) is 12.7 Å². The first-order valence-corrected chi connectivity index (χ1v) is 7.03. The zero-order valence-electron chi connectivity index (χ0n) is 12.1. The monoisotopic (exact) mass is 317 g/mol. The van der Waals surface area contributed by atoms with Gasteiger partial charge in [0.25, 0.3) is 0 Å². The second-order valence-corrected chi connectivity index (χ2v) is 5.01. The Morgan fingerprint density at radius 3 is 2.35 bits per heavy atom. The Balaban J connectivity index is 1.72. The molecule has 0 unspecified atom stereocenters. The van der Waals surface area contributed by atoms with Crippen molar-refractivity contribution in [1.29, 1.82) is 0 Å². The number of nitrogens with one attached hydrogen (secondary N) is 1. The second-order valence-electron chi connectivity index (χ2n) is 5.01. The van der Waals surface area contributed by atoms with Crippen LogP contribution in [0, 0.1) is 0 Å². The summed E-state index contributed by atoms with van der Waals surface area (Å²) < 4.78 is 40.6. The zero-order chi connectivity index (χ0) is 16.3. The fourth-order valence-electron chi connectivity index (χ4n) is 2.30. The smallest absolute Gasteiger partial charge is 0.381 e. The Hall–Kier alpha value is -2.76. The number of nitrogens with zero attached hydrogens (tertiary/aromatic N) is 2. The van der Waals surface area contributed by atoms with Crippen LogP contribution in [0.25, 0.3) is 5.69 Å². The van der Waals surface area contributed by atoms with E-state index in [1.807, 2.05) is 36.5 Å². The molecule has 1 N–H and O–H groups in total. The van der Waals surface area contributed by atoms with Gasteiger partial charge in [-0.15, -0.1) is 0 Å². The lowest BCUT2D eigenvalue weighted by Gasteiger charge is -2.14. The van der Waals surface area contributed by atoms with Crippen molar-refractivity contribution < 1.29 is 13.2 Å². The quantitative estimate of drug-likeness (QED) is 0.767. The average molecular weight is 317 g/mol. The van der Waals surface area contributed by atoms with Gasteiger partial charge in [-0.1, -0.05) is 18.2 Å². The molecule has 0 aliphatic rings. The highest BCUT2D eigenvalue weighted by Gasteiger charge is 2.32. The van der Waals surface area contributed by atoms with Crippen LogP contribution >= 0.6 is 0 Å². The Bertz CT molecular complexity index is 763. The molecule has 2 aromatic carbocycles. The van der Waals surface area contributed by atoms with Crippen LogP contribution in [-0.4, -0.2) is 9.78 Å². The van der Waals surface area contributed by atoms with E-state index in [1.54, 1.807) is 16.9 Å². The van der Waals surface area contributed by atoms with Crippen LogP contribution in [0.5, 0.6) is 0 Å². The minimum Gasteiger partial charge on any atom is -0.381 e. The van der Waals surface area contributed by atoms with E-state index in [1.165, 1.54) is 12.1 Å². The predicted molar refractivity (Wildman–Crippen MR) is 82.3 cm³/mol. The van der Waals surface area contributed by atoms with Gasteiger partial charge in [-0.25, -0.2) is 4.68 Å². The molecule has 0 amide bonds. The average Bonchev–Trinajstić information content (AvgIpc) is 3.07. The molecule has 0 saturated carbocycles. The molecule has 3 aromatic rings. The van der Waals surface area contributed by atoms with E-state index in [2.05, 4.69) is 10.4 Å². The lowest BCUT2D eigenvalue weighted by Crippen LogP contribution is -2.11. The number of aromatic nitrogens is 2. The summed E-state index contributed by atoms with van der Waals surface area (Å²) in [5.41, 5.74) is 1.24. The van der Waals surface area contributed by atoms with E-state index in [0.717, 1.165) is 17.4 Å². The van der Waals surface area contributed by atoms with Crippen LogP contribution in [0.1, 0.15) is 11.1 Å². The number of hydrogen-bond acceptors (Lipinski definition) is 2. The maximum atomic E-state index is 12.9. The van der Waals surface area contributed by atoms with Crippen LogP contribution in [0.3, 0.4) is 0 Å². The highest BCUT2D eigenvalue weighted by atomic mass is 19.4. The SMILES string of the molecule is FC(F)(F)c1ccccc1CNc1ccc(-n2cccn2)cc1. The molecule has 118 valence electrons. The van der Waals surface area contributed by atoms with Gasteiger partial charge in [0.1, 0.15) is 0 Å². The summed E-state index contributed by atoms with van der Waals surface area (Å²) in [6, 6.07) is 14.7. The lowest BCUT2D eigenvalue weighted by atomic mass is 10.1. The number of benzene rings is 2. The number of alkyl halides is 3. The highest BCUT2D eigenvalue weighted by molar-refractivity contribution is 5.49. The first-order valence-electron chi connectivity index (χ1n) is 7.03. The van der Waals surface area contributed by atoms with Crippen LogP contribution in [0.2, 0.25) is 0 Å². The van der Waals surface area contributed by atoms with Crippen LogP contribution in [-0.2, 0) is 12.7 Å². The van der Waals surface area contributed by atoms with Crippen LogP contribution in [0.15, 0.2) is 67.0 Å². The number of anilines is 1. The van der Waals surface area contributed by atoms with Gasteiger partial charge >= 0.3 is 6.18 Å². The largest absolute Gasteiger partial charge is 0.416 e. The molecule has 6 heteroatoms. The first kappa shape index (κ1) is 15.1. The van der Waals surface area contributed by atoms with E-state index >= 15 is 0 Å². The van der Waals surface area contributed by atoms with Gasteiger partial charge in [-0.3, -0.25) is 0 Å². The standard InChI is InChI=1S/C17H14F3N3/c18-17(19,20)16-5-2-1-4-13(16)12-21-14-6-8-15(9-7-14)23-11-3-10-22-23/h1-11,21H,12H2. The van der Waals surface area contributed by atoms with Crippen molar-refractivity contribution in [2.75, 3.05) is 5.32 Å². The van der Waals surface area contributed by atoms with Crippen molar-refractivity contribution in [1.82, 2.24) is 9.78 Å². The van der Waals surface area contributed by atoms with Gasteiger partial charge in [0.05, 0.1) is 11.3 Å². The van der Waals surface area contributed by atoms with Crippen molar-refractivity contribution in [3.8, 4) is 5.69 Å². The molecule has 23 heavy (non-hydrogen) atoms. The topological polar surface area (TPSA) is 29.9 Å². The van der Waals surface area contributed by atoms with E-state index in [4.69, 9.17) is 0 Å². The van der Waals surface area contributed by atoms with E-state index < -0.39 is 11.7 Å². The third-order valence-corrected chi connectivity index (χ3v) is 3.44. The third-order valence-electron chi connectivity index (χ3n) is 3.44. The van der Waals surface area contributed by atoms with Gasteiger partial charge in [-0.2, -0.15) is 18.3 Å². The number of hydrogen-bond donors (Lipinski definition) is 1. The van der Waals surface area contributed by atoms with Crippen molar-refractivity contribution in [3.05, 3.63) is 78.1 Å². The van der Waals surface area contributed by atoms with E-state index in [9.17, 15) is 13.2 Å². The van der Waals surface area contributed by atoms with Crippen LogP contribution < -0.4 is 5.32 Å². The van der Waals surface area contributed by atoms with Gasteiger partial charge in [-0.05, 0) is 42.0 Å². The molecule has 1 aromatic heterocycles. The maximum Gasteiger partial charge on any atom is 0.416 e.